The van der Waals surface area contributed by atoms with Crippen LogP contribution in [0.5, 0.6) is 0 Å². The highest BCUT2D eigenvalue weighted by molar-refractivity contribution is 6.14. The lowest BCUT2D eigenvalue weighted by Crippen LogP contribution is -2.64. The van der Waals surface area contributed by atoms with E-state index < -0.39 is 34.5 Å². The van der Waals surface area contributed by atoms with Gasteiger partial charge in [-0.05, 0) is 23.0 Å². The summed E-state index contributed by atoms with van der Waals surface area (Å²) >= 11 is 0. The van der Waals surface area contributed by atoms with E-state index in [4.69, 9.17) is 0 Å². The molecule has 1 saturated carbocycles. The van der Waals surface area contributed by atoms with Crippen LogP contribution in [0.15, 0.2) is 48.6 Å². The first-order chi connectivity index (χ1) is 12.1. The molecule has 5 nitrogen and oxygen atoms in total. The summed E-state index contributed by atoms with van der Waals surface area (Å²) in [6.07, 6.45) is 5.83. The fourth-order valence-electron chi connectivity index (χ4n) is 5.44. The number of allylic oxidation sites excluding steroid dienone is 4. The molecule has 0 unspecified atom stereocenters. The zero-order valence-corrected chi connectivity index (χ0v) is 13.1. The number of benzene rings is 1. The maximum Gasteiger partial charge on any atom is 0.249 e. The number of nitriles is 2. The molecule has 2 amide bonds. The van der Waals surface area contributed by atoms with Gasteiger partial charge in [-0.25, -0.2) is 0 Å². The number of nitrogens with zero attached hydrogens (tertiary/aromatic N) is 2. The second-order valence-electron chi connectivity index (χ2n) is 7.15. The van der Waals surface area contributed by atoms with Crippen LogP contribution in [0.4, 0.5) is 0 Å². The Balaban J connectivity index is 1.74. The molecule has 5 aliphatic rings. The first-order valence-corrected chi connectivity index (χ1v) is 8.25. The molecule has 25 heavy (non-hydrogen) atoms. The highest BCUT2D eigenvalue weighted by Crippen LogP contribution is 2.71. The molecule has 1 aromatic carbocycles. The summed E-state index contributed by atoms with van der Waals surface area (Å²) in [5, 5.41) is 22.2. The molecule has 120 valence electrons. The predicted molar refractivity (Wildman–Crippen MR) is 86.8 cm³/mol. The molecular formula is C20H13N3O2. The minimum absolute atomic E-state index is 0.00276. The lowest BCUT2D eigenvalue weighted by atomic mass is 9.37. The second kappa shape index (κ2) is 4.26. The van der Waals surface area contributed by atoms with Crippen LogP contribution in [-0.4, -0.2) is 11.8 Å². The monoisotopic (exact) mass is 327 g/mol. The minimum atomic E-state index is -1.65. The van der Waals surface area contributed by atoms with Gasteiger partial charge in [0.15, 0.2) is 10.8 Å². The number of carbonyl (C=O) groups excluding carboxylic acids is 2. The van der Waals surface area contributed by atoms with Gasteiger partial charge in [0.25, 0.3) is 0 Å². The molecule has 1 aromatic rings. The van der Waals surface area contributed by atoms with Crippen molar-refractivity contribution in [3.05, 3.63) is 54.1 Å². The summed E-state index contributed by atoms with van der Waals surface area (Å²) in [4.78, 5) is 25.3. The Labute approximate surface area is 144 Å². The molecule has 0 aromatic heterocycles. The maximum absolute atomic E-state index is 12.7. The average Bonchev–Trinajstić information content (AvgIpc) is 2.85. The van der Waals surface area contributed by atoms with Crippen molar-refractivity contribution in [3.8, 4) is 12.1 Å². The molecule has 2 fully saturated rings. The topological polar surface area (TPSA) is 93.8 Å². The fourth-order valence-corrected chi connectivity index (χ4v) is 5.44. The Morgan fingerprint density at radius 2 is 1.52 bits per heavy atom. The largest absolute Gasteiger partial charge is 0.293 e. The van der Waals surface area contributed by atoms with E-state index in [1.165, 1.54) is 0 Å². The Hall–Kier alpha value is -3.18. The van der Waals surface area contributed by atoms with Crippen molar-refractivity contribution in [3.63, 3.8) is 0 Å². The van der Waals surface area contributed by atoms with Gasteiger partial charge in [-0.3, -0.25) is 14.9 Å². The Morgan fingerprint density at radius 3 is 2.16 bits per heavy atom. The Morgan fingerprint density at radius 1 is 0.920 bits per heavy atom. The molecule has 0 spiro atoms. The molecule has 1 heterocycles. The minimum Gasteiger partial charge on any atom is -0.293 e. The van der Waals surface area contributed by atoms with E-state index in [9.17, 15) is 20.1 Å². The van der Waals surface area contributed by atoms with Gasteiger partial charge in [0.2, 0.25) is 11.8 Å². The second-order valence-corrected chi connectivity index (χ2v) is 7.15. The lowest BCUT2D eigenvalue weighted by molar-refractivity contribution is -0.142. The number of hydrogen-bond donors (Lipinski definition) is 1. The first-order valence-electron chi connectivity index (χ1n) is 8.25. The van der Waals surface area contributed by atoms with Gasteiger partial charge in [0.1, 0.15) is 0 Å². The van der Waals surface area contributed by atoms with Crippen LogP contribution in [0.1, 0.15) is 5.56 Å². The van der Waals surface area contributed by atoms with Crippen molar-refractivity contribution in [2.24, 2.45) is 34.5 Å². The molecule has 0 radical (unpaired) electrons. The van der Waals surface area contributed by atoms with E-state index in [0.717, 1.165) is 11.1 Å². The maximum atomic E-state index is 12.7. The van der Waals surface area contributed by atoms with Crippen molar-refractivity contribution >= 4 is 17.4 Å². The van der Waals surface area contributed by atoms with E-state index in [2.05, 4.69) is 23.5 Å². The van der Waals surface area contributed by atoms with Crippen LogP contribution in [-0.2, 0) is 9.59 Å². The summed E-state index contributed by atoms with van der Waals surface area (Å²) in [5.74, 6) is -2.19. The highest BCUT2D eigenvalue weighted by atomic mass is 16.2. The molecule has 6 atom stereocenters. The lowest BCUT2D eigenvalue weighted by Gasteiger charge is -2.60. The Bertz CT molecular complexity index is 980. The summed E-state index contributed by atoms with van der Waals surface area (Å²) in [6, 6.07) is 14.0. The van der Waals surface area contributed by atoms with Crippen LogP contribution >= 0.6 is 0 Å². The van der Waals surface area contributed by atoms with Crippen LogP contribution in [0.3, 0.4) is 0 Å². The molecule has 1 aliphatic heterocycles. The summed E-state index contributed by atoms with van der Waals surface area (Å²) in [7, 11) is 0. The molecule has 1 saturated heterocycles. The zero-order valence-electron chi connectivity index (χ0n) is 13.1. The van der Waals surface area contributed by atoms with Gasteiger partial charge in [-0.2, -0.15) is 10.5 Å². The normalized spacial score (nSPS) is 42.4. The standard InChI is InChI=1S/C20H13N3O2/c21-9-19-14-6-7-15(20(19,10-22)18(25)23-17(19)24)16-12(8-13(14)16)11-4-2-1-3-5-11/h1-8,13-16H,(H,23,24,25)/t13-,14-,15-,16-,19-,20-/m0/s1. The fraction of sp³-hybridized carbons (Fsp3) is 0.300. The van der Waals surface area contributed by atoms with Crippen LogP contribution in [0.25, 0.3) is 5.57 Å². The predicted octanol–water partition coefficient (Wildman–Crippen LogP) is 1.81. The van der Waals surface area contributed by atoms with Gasteiger partial charge in [-0.15, -0.1) is 0 Å². The third-order valence-corrected chi connectivity index (χ3v) is 6.50. The number of nitrogens with one attached hydrogen (secondary N) is 1. The van der Waals surface area contributed by atoms with Gasteiger partial charge in [-0.1, -0.05) is 48.6 Å². The van der Waals surface area contributed by atoms with E-state index in [1.54, 1.807) is 0 Å². The Kier molecular flexibility index (Phi) is 2.42. The quantitative estimate of drug-likeness (QED) is 0.629. The van der Waals surface area contributed by atoms with Crippen molar-refractivity contribution in [2.45, 2.75) is 0 Å². The molecule has 6 rings (SSSR count). The number of amides is 2. The van der Waals surface area contributed by atoms with Gasteiger partial charge in [0.05, 0.1) is 12.1 Å². The van der Waals surface area contributed by atoms with Crippen molar-refractivity contribution < 1.29 is 9.59 Å². The molecule has 1 N–H and O–H groups in total. The van der Waals surface area contributed by atoms with Crippen LogP contribution in [0, 0.1) is 57.2 Å². The third-order valence-electron chi connectivity index (χ3n) is 6.50. The van der Waals surface area contributed by atoms with Crippen LogP contribution < -0.4 is 5.32 Å². The third kappa shape index (κ3) is 1.25. The summed E-state index contributed by atoms with van der Waals surface area (Å²) in [6.45, 7) is 0. The number of imide groups is 1. The summed E-state index contributed by atoms with van der Waals surface area (Å²) < 4.78 is 0. The van der Waals surface area contributed by atoms with Gasteiger partial charge >= 0.3 is 0 Å². The van der Waals surface area contributed by atoms with Gasteiger partial charge < -0.3 is 0 Å². The number of carbonyl (C=O) groups is 2. The summed E-state index contributed by atoms with van der Waals surface area (Å²) in [5.41, 5.74) is -1.12. The van der Waals surface area contributed by atoms with Crippen molar-refractivity contribution in [1.82, 2.24) is 5.32 Å². The average molecular weight is 327 g/mol. The number of hydrogen-bond acceptors (Lipinski definition) is 4. The molecule has 2 bridgehead atoms. The molecular weight excluding hydrogens is 314 g/mol. The van der Waals surface area contributed by atoms with E-state index >= 15 is 0 Å². The van der Waals surface area contributed by atoms with E-state index in [0.29, 0.717) is 0 Å². The molecule has 4 aliphatic carbocycles. The zero-order chi connectivity index (χ0) is 17.4. The highest BCUT2D eigenvalue weighted by Gasteiger charge is 2.80. The van der Waals surface area contributed by atoms with E-state index in [-0.39, 0.29) is 11.8 Å². The van der Waals surface area contributed by atoms with Crippen molar-refractivity contribution in [1.29, 1.82) is 10.5 Å². The smallest absolute Gasteiger partial charge is 0.249 e. The molecule has 5 heteroatoms. The number of rotatable bonds is 1. The van der Waals surface area contributed by atoms with Crippen LogP contribution in [0.2, 0.25) is 0 Å². The van der Waals surface area contributed by atoms with E-state index in [1.807, 2.05) is 42.5 Å². The first kappa shape index (κ1) is 14.2. The SMILES string of the molecule is N#C[C@]12C(=O)NC(=O)[C@]1(C#N)[C@H]1C=C[C@H]2[C@@H]2C=C(c3ccccc3)[C@@H]21. The van der Waals surface area contributed by atoms with Crippen molar-refractivity contribution in [2.75, 3.05) is 0 Å². The van der Waals surface area contributed by atoms with Gasteiger partial charge in [0, 0.05) is 11.8 Å².